The second-order valence-corrected chi connectivity index (χ2v) is 6.90. The number of non-ortho nitro benzene ring substituents is 1. The average molecular weight is 417 g/mol. The van der Waals surface area contributed by atoms with Gasteiger partial charge in [0, 0.05) is 42.0 Å². The lowest BCUT2D eigenvalue weighted by molar-refractivity contribution is -0.384. The maximum atomic E-state index is 12.0. The molecule has 1 aliphatic heterocycles. The van der Waals surface area contributed by atoms with Crippen LogP contribution in [0.25, 0.3) is 11.3 Å². The van der Waals surface area contributed by atoms with Crippen molar-refractivity contribution in [3.8, 4) is 11.3 Å². The highest BCUT2D eigenvalue weighted by molar-refractivity contribution is 6.15. The minimum absolute atomic E-state index is 0.0604. The molecule has 10 nitrogen and oxygen atoms in total. The Morgan fingerprint density at radius 3 is 2.48 bits per heavy atom. The number of nitrogens with two attached hydrogens (primary N) is 1. The van der Waals surface area contributed by atoms with Gasteiger partial charge in [-0.2, -0.15) is 0 Å². The lowest BCUT2D eigenvalue weighted by Crippen LogP contribution is -2.31. The number of rotatable bonds is 5. The highest BCUT2D eigenvalue weighted by Crippen LogP contribution is 2.22. The van der Waals surface area contributed by atoms with Crippen molar-refractivity contribution in [1.82, 2.24) is 19.5 Å². The normalized spacial score (nSPS) is 12.2. The van der Waals surface area contributed by atoms with Crippen LogP contribution in [0.3, 0.4) is 0 Å². The van der Waals surface area contributed by atoms with Crippen LogP contribution < -0.4 is 10.4 Å². The molecule has 1 aliphatic rings. The van der Waals surface area contributed by atoms with E-state index < -0.39 is 4.92 Å². The Hall–Kier alpha value is -4.56. The fourth-order valence-corrected chi connectivity index (χ4v) is 2.90. The molecule has 0 atom stereocenters. The summed E-state index contributed by atoms with van der Waals surface area (Å²) in [4.78, 5) is 32.6. The van der Waals surface area contributed by atoms with Gasteiger partial charge in [0.25, 0.3) is 11.6 Å². The van der Waals surface area contributed by atoms with E-state index in [1.807, 2.05) is 0 Å². The van der Waals surface area contributed by atoms with Gasteiger partial charge in [-0.25, -0.2) is 9.97 Å². The predicted molar refractivity (Wildman–Crippen MR) is 114 cm³/mol. The molecule has 10 heteroatoms. The molecule has 0 unspecified atom stereocenters. The van der Waals surface area contributed by atoms with E-state index in [4.69, 9.17) is 10.5 Å². The third-order valence-corrected chi connectivity index (χ3v) is 4.54. The number of anilines is 1. The molecule has 2 N–H and O–H groups in total. The van der Waals surface area contributed by atoms with Crippen LogP contribution in [0.4, 0.5) is 11.5 Å². The van der Waals surface area contributed by atoms with Crippen LogP contribution in [0.15, 0.2) is 54.7 Å². The van der Waals surface area contributed by atoms with Crippen LogP contribution in [-0.4, -0.2) is 51.6 Å². The molecule has 0 radical (unpaired) electrons. The summed E-state index contributed by atoms with van der Waals surface area (Å²) < 4.78 is 9.88. The lowest BCUT2D eigenvalue weighted by Gasteiger charge is -2.10. The van der Waals surface area contributed by atoms with Gasteiger partial charge in [0.15, 0.2) is 5.82 Å². The van der Waals surface area contributed by atoms with Gasteiger partial charge in [-0.15, -0.1) is 0 Å². The number of aromatic nitrogens is 2. The first-order valence-corrected chi connectivity index (χ1v) is 9.17. The van der Waals surface area contributed by atoms with E-state index in [9.17, 15) is 14.9 Å². The van der Waals surface area contributed by atoms with Gasteiger partial charge in [0.05, 0.1) is 16.8 Å². The summed E-state index contributed by atoms with van der Waals surface area (Å²) >= 11 is 0. The largest absolute Gasteiger partial charge is 0.533 e. The topological polar surface area (TPSA) is 139 Å². The molecule has 0 aliphatic carbocycles. The Balaban J connectivity index is 1.65. The van der Waals surface area contributed by atoms with Gasteiger partial charge in [0.1, 0.15) is 5.56 Å². The molecule has 3 aromatic rings. The van der Waals surface area contributed by atoms with Gasteiger partial charge < -0.3 is 15.4 Å². The number of nitrogens with zero attached hydrogens (tertiary/aromatic N) is 5. The van der Waals surface area contributed by atoms with Crippen molar-refractivity contribution < 1.29 is 14.5 Å². The first-order chi connectivity index (χ1) is 14.8. The fraction of sp³-hybridized carbons (Fsp3) is 0.0952. The molecular formula is C21H17N6O4+. The maximum absolute atomic E-state index is 12.0. The number of ether oxygens (including phenoxy) is 1. The van der Waals surface area contributed by atoms with E-state index in [1.165, 1.54) is 23.2 Å². The smallest absolute Gasteiger partial charge is 0.382 e. The summed E-state index contributed by atoms with van der Waals surface area (Å²) in [5.74, 6) is 0.446. The van der Waals surface area contributed by atoms with Crippen molar-refractivity contribution >= 4 is 29.2 Å². The van der Waals surface area contributed by atoms with Gasteiger partial charge in [-0.3, -0.25) is 14.9 Å². The quantitative estimate of drug-likeness (QED) is 0.378. The number of carbonyl (C=O) groups is 1. The number of nitro groups is 1. The number of nitro benzene ring substituents is 1. The molecule has 0 saturated heterocycles. The summed E-state index contributed by atoms with van der Waals surface area (Å²) in [6, 6.07) is 12.9. The van der Waals surface area contributed by atoms with Gasteiger partial charge >= 0.3 is 11.8 Å². The third kappa shape index (κ3) is 3.83. The molecule has 1 aromatic heterocycles. The SMILES string of the molecule is CN(C)C(=O)c1ccc(-c2cnc(N)c(C3=[N+]=C(c4cccc([N+](=O)[O-])c4)O3)n2)cc1. The number of hydrogen-bond donors (Lipinski definition) is 1. The second-order valence-electron chi connectivity index (χ2n) is 6.90. The van der Waals surface area contributed by atoms with Crippen molar-refractivity contribution in [2.24, 2.45) is 0 Å². The van der Waals surface area contributed by atoms with Crippen LogP contribution in [-0.2, 0) is 4.74 Å². The summed E-state index contributed by atoms with van der Waals surface area (Å²) in [5, 5.41) is 10.9. The molecule has 154 valence electrons. The highest BCUT2D eigenvalue weighted by Gasteiger charge is 2.39. The van der Waals surface area contributed by atoms with E-state index >= 15 is 0 Å². The number of benzene rings is 2. The van der Waals surface area contributed by atoms with Crippen molar-refractivity contribution in [2.45, 2.75) is 0 Å². The molecule has 31 heavy (non-hydrogen) atoms. The molecule has 0 spiro atoms. The monoisotopic (exact) mass is 417 g/mol. The number of carbonyl (C=O) groups excluding carboxylic acids is 1. The summed E-state index contributed by atoms with van der Waals surface area (Å²) in [6.07, 6.45) is 1.52. The zero-order valence-corrected chi connectivity index (χ0v) is 16.6. The zero-order chi connectivity index (χ0) is 22.1. The first kappa shape index (κ1) is 19.7. The zero-order valence-electron chi connectivity index (χ0n) is 16.6. The van der Waals surface area contributed by atoms with Gasteiger partial charge in [-0.1, -0.05) is 18.2 Å². The van der Waals surface area contributed by atoms with Crippen LogP contribution in [0.2, 0.25) is 0 Å². The minimum Gasteiger partial charge on any atom is -0.382 e. The van der Waals surface area contributed by atoms with Crippen molar-refractivity contribution in [3.05, 3.63) is 81.7 Å². The number of amides is 1. The summed E-state index contributed by atoms with van der Waals surface area (Å²) in [7, 11) is 3.37. The van der Waals surface area contributed by atoms with E-state index in [0.29, 0.717) is 16.8 Å². The lowest BCUT2D eigenvalue weighted by atomic mass is 10.1. The van der Waals surface area contributed by atoms with E-state index in [2.05, 4.69) is 14.6 Å². The highest BCUT2D eigenvalue weighted by atomic mass is 16.6. The van der Waals surface area contributed by atoms with Gasteiger partial charge in [0.2, 0.25) is 5.69 Å². The average Bonchev–Trinajstić information content (AvgIpc) is 2.73. The maximum Gasteiger partial charge on any atom is 0.533 e. The molecule has 2 aromatic carbocycles. The third-order valence-electron chi connectivity index (χ3n) is 4.54. The molecule has 1 amide bonds. The molecular weight excluding hydrogens is 400 g/mol. The summed E-state index contributed by atoms with van der Waals surface area (Å²) in [6.45, 7) is 0. The van der Waals surface area contributed by atoms with Crippen molar-refractivity contribution in [2.75, 3.05) is 19.8 Å². The summed E-state index contributed by atoms with van der Waals surface area (Å²) in [5.41, 5.74) is 8.45. The van der Waals surface area contributed by atoms with E-state index in [0.717, 1.165) is 5.56 Å². The Bertz CT molecular complexity index is 1280. The van der Waals surface area contributed by atoms with Crippen molar-refractivity contribution in [3.63, 3.8) is 0 Å². The number of nitrogen functional groups attached to an aromatic ring is 1. The standard InChI is InChI=1S/C21H16N6O4/c1-26(2)21(28)13-8-6-12(7-9-13)16-11-23-18(22)17(24-16)20-25-19(31-20)14-4-3-5-15(10-14)27(29)30/h3-11,22H,1-2H3/p+1. The Labute approximate surface area is 176 Å². The van der Waals surface area contributed by atoms with Crippen LogP contribution >= 0.6 is 0 Å². The van der Waals surface area contributed by atoms with Crippen LogP contribution in [0.1, 0.15) is 21.6 Å². The van der Waals surface area contributed by atoms with Gasteiger partial charge in [-0.05, 0) is 18.2 Å². The predicted octanol–water partition coefficient (Wildman–Crippen LogP) is 1.63. The second kappa shape index (κ2) is 7.69. The van der Waals surface area contributed by atoms with Crippen LogP contribution in [0, 0.1) is 10.1 Å². The fourth-order valence-electron chi connectivity index (χ4n) is 2.90. The van der Waals surface area contributed by atoms with E-state index in [-0.39, 0.29) is 34.9 Å². The molecule has 0 saturated carbocycles. The Kier molecular flexibility index (Phi) is 4.90. The Morgan fingerprint density at radius 1 is 1.13 bits per heavy atom. The van der Waals surface area contributed by atoms with Crippen LogP contribution in [0.5, 0.6) is 0 Å². The number of hydrogen-bond acceptors (Lipinski definition) is 7. The molecule has 0 fully saturated rings. The molecule has 2 heterocycles. The van der Waals surface area contributed by atoms with Crippen molar-refractivity contribution in [1.29, 1.82) is 0 Å². The molecule has 0 bridgehead atoms. The first-order valence-electron chi connectivity index (χ1n) is 9.17. The molecule has 4 rings (SSSR count). The Morgan fingerprint density at radius 2 is 1.84 bits per heavy atom. The minimum atomic E-state index is -0.488. The van der Waals surface area contributed by atoms with E-state index in [1.54, 1.807) is 50.5 Å².